The third-order valence-corrected chi connectivity index (χ3v) is 11.8. The highest BCUT2D eigenvalue weighted by Crippen LogP contribution is 2.46. The number of fused-ring (bicyclic) bond motifs is 9. The van der Waals surface area contributed by atoms with E-state index in [9.17, 15) is 0 Å². The topological polar surface area (TPSA) is 16.4 Å². The average molecular weight is 694 g/mol. The summed E-state index contributed by atoms with van der Waals surface area (Å²) >= 11 is 1.86. The van der Waals surface area contributed by atoms with E-state index in [0.717, 1.165) is 55.5 Å². The van der Waals surface area contributed by atoms with Crippen molar-refractivity contribution in [3.8, 4) is 22.3 Å². The van der Waals surface area contributed by atoms with Gasteiger partial charge in [0.15, 0.2) is 0 Å². The van der Waals surface area contributed by atoms with Crippen molar-refractivity contribution in [1.82, 2.24) is 0 Å². The van der Waals surface area contributed by atoms with Gasteiger partial charge in [0.1, 0.15) is 11.2 Å². The molecule has 0 saturated heterocycles. The minimum atomic E-state index is 0.902. The van der Waals surface area contributed by atoms with Crippen molar-refractivity contribution in [1.29, 1.82) is 0 Å². The molecule has 0 saturated carbocycles. The van der Waals surface area contributed by atoms with E-state index in [1.165, 1.54) is 47.5 Å². The summed E-state index contributed by atoms with van der Waals surface area (Å²) in [6.45, 7) is 0. The largest absolute Gasteiger partial charge is 0.455 e. The van der Waals surface area contributed by atoms with E-state index in [0.29, 0.717) is 0 Å². The summed E-state index contributed by atoms with van der Waals surface area (Å²) in [6, 6.07) is 68.0. The van der Waals surface area contributed by atoms with Crippen LogP contribution in [0.4, 0.5) is 17.1 Å². The number of anilines is 3. The summed E-state index contributed by atoms with van der Waals surface area (Å²) < 4.78 is 9.16. The van der Waals surface area contributed by atoms with Crippen LogP contribution in [0.5, 0.6) is 0 Å². The molecule has 0 atom stereocenters. The van der Waals surface area contributed by atoms with E-state index in [2.05, 4.69) is 193 Å². The van der Waals surface area contributed by atoms with Crippen LogP contribution in [-0.4, -0.2) is 0 Å². The van der Waals surface area contributed by atoms with Gasteiger partial charge < -0.3 is 9.32 Å². The number of nitrogens with zero attached hydrogens (tertiary/aromatic N) is 1. The first kappa shape index (κ1) is 30.0. The number of hydrogen-bond acceptors (Lipinski definition) is 3. The smallest absolute Gasteiger partial charge is 0.143 e. The van der Waals surface area contributed by atoms with Gasteiger partial charge in [-0.25, -0.2) is 0 Å². The molecule has 2 aromatic heterocycles. The molecule has 0 aliphatic heterocycles. The number of para-hydroxylation sites is 1. The molecule has 0 fully saturated rings. The monoisotopic (exact) mass is 693 g/mol. The predicted octanol–water partition coefficient (Wildman–Crippen LogP) is 15.1. The molecule has 0 aliphatic rings. The zero-order valence-electron chi connectivity index (χ0n) is 28.7. The lowest BCUT2D eigenvalue weighted by atomic mass is 9.97. The molecule has 9 aromatic carbocycles. The van der Waals surface area contributed by atoms with Crippen molar-refractivity contribution >= 4 is 92.1 Å². The fraction of sp³-hybridized carbons (Fsp3) is 0. The SMILES string of the molecule is c1ccc(N(c2ccc(-c3cccc4oc5c6ccccc6ccc5c34)cc2)c2cccc3ccccc23)c(-c2ccc3sc4ccccc4c3c2)c1. The van der Waals surface area contributed by atoms with Crippen LogP contribution in [0.15, 0.2) is 192 Å². The summed E-state index contributed by atoms with van der Waals surface area (Å²) in [6.07, 6.45) is 0. The third-order valence-electron chi connectivity index (χ3n) is 10.7. The van der Waals surface area contributed by atoms with E-state index in [-0.39, 0.29) is 0 Å². The molecule has 2 heterocycles. The molecular weight excluding hydrogens is 663 g/mol. The number of rotatable bonds is 5. The molecular formula is C50H31NOS. The van der Waals surface area contributed by atoms with E-state index in [4.69, 9.17) is 4.42 Å². The van der Waals surface area contributed by atoms with Crippen LogP contribution in [0.3, 0.4) is 0 Å². The van der Waals surface area contributed by atoms with Crippen LogP contribution in [0.2, 0.25) is 0 Å². The van der Waals surface area contributed by atoms with Crippen molar-refractivity contribution in [3.63, 3.8) is 0 Å². The minimum absolute atomic E-state index is 0.902. The van der Waals surface area contributed by atoms with Crippen LogP contribution >= 0.6 is 11.3 Å². The van der Waals surface area contributed by atoms with Crippen LogP contribution in [0.25, 0.3) is 85.9 Å². The second-order valence-electron chi connectivity index (χ2n) is 13.7. The van der Waals surface area contributed by atoms with E-state index in [1.807, 2.05) is 11.3 Å². The van der Waals surface area contributed by atoms with E-state index < -0.39 is 0 Å². The third kappa shape index (κ3) is 4.78. The van der Waals surface area contributed by atoms with Crippen molar-refractivity contribution in [2.75, 3.05) is 4.90 Å². The maximum Gasteiger partial charge on any atom is 0.143 e. The highest BCUT2D eigenvalue weighted by atomic mass is 32.1. The molecule has 11 aromatic rings. The van der Waals surface area contributed by atoms with Crippen LogP contribution in [-0.2, 0) is 0 Å². The standard InChI is InChI=1S/C50H31NOS/c1-3-14-37-32(11-1)13-9-20-45(37)51(44-19-7-5-15-38(44)35-26-30-48-43(31-35)41-17-6-8-22-47(41)53-48)36-27-23-34(24-28-36)39-18-10-21-46-49(39)42-29-25-33-12-2-4-16-40(33)50(42)52-46/h1-31H. The van der Waals surface area contributed by atoms with E-state index in [1.54, 1.807) is 0 Å². The maximum atomic E-state index is 6.54. The van der Waals surface area contributed by atoms with Crippen LogP contribution < -0.4 is 4.90 Å². The molecule has 0 aliphatic carbocycles. The Morgan fingerprint density at radius 1 is 0.396 bits per heavy atom. The average Bonchev–Trinajstić information content (AvgIpc) is 3.80. The Bertz CT molecular complexity index is 3180. The van der Waals surface area contributed by atoms with Gasteiger partial charge in [0.2, 0.25) is 0 Å². The molecule has 0 amide bonds. The lowest BCUT2D eigenvalue weighted by Crippen LogP contribution is -2.11. The Labute approximate surface area is 310 Å². The molecule has 2 nitrogen and oxygen atoms in total. The zero-order chi connectivity index (χ0) is 34.9. The summed E-state index contributed by atoms with van der Waals surface area (Å²) in [7, 11) is 0. The Morgan fingerprint density at radius 3 is 1.92 bits per heavy atom. The van der Waals surface area contributed by atoms with Gasteiger partial charge >= 0.3 is 0 Å². The molecule has 0 N–H and O–H groups in total. The number of hydrogen-bond donors (Lipinski definition) is 0. The van der Waals surface area contributed by atoms with Gasteiger partial charge in [-0.05, 0) is 82.1 Å². The maximum absolute atomic E-state index is 6.54. The van der Waals surface area contributed by atoms with Gasteiger partial charge in [0, 0.05) is 53.0 Å². The second-order valence-corrected chi connectivity index (χ2v) is 14.7. The molecule has 0 radical (unpaired) electrons. The van der Waals surface area contributed by atoms with Crippen LogP contribution in [0, 0.1) is 0 Å². The minimum Gasteiger partial charge on any atom is -0.455 e. The summed E-state index contributed by atoms with van der Waals surface area (Å²) in [4.78, 5) is 2.43. The van der Waals surface area contributed by atoms with Crippen molar-refractivity contribution in [2.45, 2.75) is 0 Å². The Hall–Kier alpha value is -6.68. The molecule has 53 heavy (non-hydrogen) atoms. The predicted molar refractivity (Wildman–Crippen MR) is 227 cm³/mol. The van der Waals surface area contributed by atoms with Gasteiger partial charge in [-0.15, -0.1) is 11.3 Å². The lowest BCUT2D eigenvalue weighted by molar-refractivity contribution is 0.673. The Kier molecular flexibility index (Phi) is 6.76. The molecule has 0 spiro atoms. The first-order valence-electron chi connectivity index (χ1n) is 18.0. The number of thiophene rings is 1. The number of furan rings is 1. The first-order valence-corrected chi connectivity index (χ1v) is 18.8. The fourth-order valence-corrected chi connectivity index (χ4v) is 9.29. The van der Waals surface area contributed by atoms with Crippen LogP contribution in [0.1, 0.15) is 0 Å². The van der Waals surface area contributed by atoms with Gasteiger partial charge in [0.25, 0.3) is 0 Å². The van der Waals surface area contributed by atoms with Gasteiger partial charge in [-0.2, -0.15) is 0 Å². The van der Waals surface area contributed by atoms with Gasteiger partial charge in [-0.3, -0.25) is 0 Å². The number of benzene rings is 9. The highest BCUT2D eigenvalue weighted by Gasteiger charge is 2.21. The van der Waals surface area contributed by atoms with Crippen molar-refractivity contribution < 1.29 is 4.42 Å². The zero-order valence-corrected chi connectivity index (χ0v) is 29.5. The Morgan fingerprint density at radius 2 is 1.04 bits per heavy atom. The molecule has 248 valence electrons. The second kappa shape index (κ2) is 11.9. The highest BCUT2D eigenvalue weighted by molar-refractivity contribution is 7.25. The summed E-state index contributed by atoms with van der Waals surface area (Å²) in [5.41, 5.74) is 9.90. The summed E-state index contributed by atoms with van der Waals surface area (Å²) in [5.74, 6) is 0. The summed E-state index contributed by atoms with van der Waals surface area (Å²) in [5, 5.41) is 9.63. The lowest BCUT2D eigenvalue weighted by Gasteiger charge is -2.29. The van der Waals surface area contributed by atoms with Gasteiger partial charge in [-0.1, -0.05) is 133 Å². The normalized spacial score (nSPS) is 11.8. The molecule has 0 bridgehead atoms. The Balaban J connectivity index is 1.09. The molecule has 11 rings (SSSR count). The van der Waals surface area contributed by atoms with Gasteiger partial charge in [0.05, 0.1) is 11.4 Å². The molecule has 0 unspecified atom stereocenters. The van der Waals surface area contributed by atoms with Crippen molar-refractivity contribution in [3.05, 3.63) is 188 Å². The molecule has 3 heteroatoms. The quantitative estimate of drug-likeness (QED) is 0.178. The first-order chi connectivity index (χ1) is 26.3. The van der Waals surface area contributed by atoms with E-state index >= 15 is 0 Å². The fourth-order valence-electron chi connectivity index (χ4n) is 8.20. The van der Waals surface area contributed by atoms with Crippen molar-refractivity contribution in [2.24, 2.45) is 0 Å².